The van der Waals surface area contributed by atoms with Crippen molar-refractivity contribution in [2.75, 3.05) is 6.54 Å². The molecule has 4 heteroatoms. The molecule has 1 aliphatic carbocycles. The third kappa shape index (κ3) is 2.83. The number of hydrogen-bond donors (Lipinski definition) is 2. The minimum atomic E-state index is -0.308. The topological polar surface area (TPSA) is 78.9 Å². The number of carbonyl (C=O) groups excluding carboxylic acids is 1. The van der Waals surface area contributed by atoms with Crippen LogP contribution in [0.3, 0.4) is 0 Å². The number of carbonyl (C=O) groups is 1. The molecule has 0 heterocycles. The van der Waals surface area contributed by atoms with Crippen molar-refractivity contribution in [2.24, 2.45) is 11.7 Å². The molecule has 1 fully saturated rings. The van der Waals surface area contributed by atoms with E-state index in [1.165, 1.54) is 6.42 Å². The van der Waals surface area contributed by atoms with Gasteiger partial charge in [0.05, 0.1) is 17.2 Å². The summed E-state index contributed by atoms with van der Waals surface area (Å²) in [6.07, 6.45) is 4.31. The van der Waals surface area contributed by atoms with E-state index in [1.807, 2.05) is 0 Å². The van der Waals surface area contributed by atoms with Gasteiger partial charge >= 0.3 is 0 Å². The quantitative estimate of drug-likeness (QED) is 0.884. The molecule has 20 heavy (non-hydrogen) atoms. The zero-order chi connectivity index (χ0) is 14.6. The van der Waals surface area contributed by atoms with Crippen molar-refractivity contribution in [1.82, 2.24) is 5.32 Å². The van der Waals surface area contributed by atoms with Crippen LogP contribution in [0.2, 0.25) is 0 Å². The second kappa shape index (κ2) is 6.06. The maximum Gasteiger partial charge on any atom is 0.251 e. The third-order valence-corrected chi connectivity index (χ3v) is 4.43. The van der Waals surface area contributed by atoms with E-state index < -0.39 is 0 Å². The average molecular weight is 271 g/mol. The molecule has 0 radical (unpaired) electrons. The van der Waals surface area contributed by atoms with Crippen molar-refractivity contribution >= 4 is 5.91 Å². The Kier molecular flexibility index (Phi) is 4.41. The lowest BCUT2D eigenvalue weighted by Gasteiger charge is -2.42. The summed E-state index contributed by atoms with van der Waals surface area (Å²) in [6, 6.07) is 8.82. The minimum absolute atomic E-state index is 0.138. The van der Waals surface area contributed by atoms with Crippen molar-refractivity contribution in [1.29, 1.82) is 5.26 Å². The maximum absolute atomic E-state index is 12.4. The van der Waals surface area contributed by atoms with Crippen molar-refractivity contribution in [2.45, 2.75) is 38.1 Å². The first kappa shape index (κ1) is 14.5. The van der Waals surface area contributed by atoms with Crippen molar-refractivity contribution in [3.05, 3.63) is 35.4 Å². The van der Waals surface area contributed by atoms with Crippen LogP contribution in [0.1, 0.15) is 48.5 Å². The van der Waals surface area contributed by atoms with Crippen LogP contribution in [0.5, 0.6) is 0 Å². The van der Waals surface area contributed by atoms with Crippen LogP contribution in [0, 0.1) is 17.2 Å². The number of benzene rings is 1. The molecule has 0 aliphatic heterocycles. The smallest absolute Gasteiger partial charge is 0.251 e. The summed E-state index contributed by atoms with van der Waals surface area (Å²) in [7, 11) is 0. The highest BCUT2D eigenvalue weighted by Crippen LogP contribution is 2.33. The van der Waals surface area contributed by atoms with Crippen LogP contribution in [-0.4, -0.2) is 18.0 Å². The van der Waals surface area contributed by atoms with Gasteiger partial charge in [0.15, 0.2) is 0 Å². The molecule has 1 aromatic rings. The van der Waals surface area contributed by atoms with Crippen LogP contribution < -0.4 is 11.1 Å². The Hall–Kier alpha value is -1.86. The molecule has 1 saturated carbocycles. The number of nitrogens with zero attached hydrogens (tertiary/aromatic N) is 1. The Labute approximate surface area is 120 Å². The SMILES string of the molecule is CC1CCCCC1(CN)NC(=O)c1cccc(C#N)c1. The summed E-state index contributed by atoms with van der Waals surface area (Å²) < 4.78 is 0. The summed E-state index contributed by atoms with van der Waals surface area (Å²) in [5, 5.41) is 12.0. The van der Waals surface area contributed by atoms with Crippen LogP contribution >= 0.6 is 0 Å². The molecule has 106 valence electrons. The molecule has 2 unspecified atom stereocenters. The van der Waals surface area contributed by atoms with E-state index >= 15 is 0 Å². The molecule has 1 aliphatic rings. The van der Waals surface area contributed by atoms with Gasteiger partial charge in [-0.15, -0.1) is 0 Å². The van der Waals surface area contributed by atoms with E-state index in [9.17, 15) is 4.79 Å². The van der Waals surface area contributed by atoms with Crippen molar-refractivity contribution in [3.63, 3.8) is 0 Å². The number of nitrogens with two attached hydrogens (primary N) is 1. The van der Waals surface area contributed by atoms with Crippen molar-refractivity contribution in [3.8, 4) is 6.07 Å². The lowest BCUT2D eigenvalue weighted by molar-refractivity contribution is 0.0813. The molecule has 3 N–H and O–H groups in total. The highest BCUT2D eigenvalue weighted by atomic mass is 16.1. The van der Waals surface area contributed by atoms with Gasteiger partial charge in [-0.1, -0.05) is 25.8 Å². The van der Waals surface area contributed by atoms with Gasteiger partial charge < -0.3 is 11.1 Å². The Bertz CT molecular complexity index is 535. The van der Waals surface area contributed by atoms with Crippen LogP contribution in [0.25, 0.3) is 0 Å². The number of hydrogen-bond acceptors (Lipinski definition) is 3. The van der Waals surface area contributed by atoms with E-state index in [2.05, 4.69) is 18.3 Å². The lowest BCUT2D eigenvalue weighted by Crippen LogP contribution is -2.59. The Morgan fingerprint density at radius 1 is 1.55 bits per heavy atom. The summed E-state index contributed by atoms with van der Waals surface area (Å²) in [5.74, 6) is 0.241. The van der Waals surface area contributed by atoms with Gasteiger partial charge in [-0.2, -0.15) is 5.26 Å². The number of nitriles is 1. The highest BCUT2D eigenvalue weighted by molar-refractivity contribution is 5.95. The number of nitrogens with one attached hydrogen (secondary N) is 1. The molecule has 1 aromatic carbocycles. The Balaban J connectivity index is 2.18. The molecule has 2 atom stereocenters. The zero-order valence-corrected chi connectivity index (χ0v) is 11.9. The first-order valence-electron chi connectivity index (χ1n) is 7.14. The van der Waals surface area contributed by atoms with E-state index in [0.29, 0.717) is 23.6 Å². The van der Waals surface area contributed by atoms with Gasteiger partial charge in [0, 0.05) is 12.1 Å². The van der Waals surface area contributed by atoms with Crippen LogP contribution in [0.4, 0.5) is 0 Å². The molecule has 1 amide bonds. The molecule has 0 aromatic heterocycles. The monoisotopic (exact) mass is 271 g/mol. The van der Waals surface area contributed by atoms with Crippen LogP contribution in [0.15, 0.2) is 24.3 Å². The predicted molar refractivity (Wildman–Crippen MR) is 78.0 cm³/mol. The Morgan fingerprint density at radius 3 is 3.00 bits per heavy atom. The summed E-state index contributed by atoms with van der Waals surface area (Å²) in [4.78, 5) is 12.4. The Morgan fingerprint density at radius 2 is 2.35 bits per heavy atom. The van der Waals surface area contributed by atoms with Gasteiger partial charge in [0.2, 0.25) is 0 Å². The maximum atomic E-state index is 12.4. The summed E-state index contributed by atoms with van der Waals surface area (Å²) >= 11 is 0. The van der Waals surface area contributed by atoms with Gasteiger partial charge in [-0.3, -0.25) is 4.79 Å². The largest absolute Gasteiger partial charge is 0.345 e. The fraction of sp³-hybridized carbons (Fsp3) is 0.500. The van der Waals surface area contributed by atoms with E-state index in [4.69, 9.17) is 11.0 Å². The van der Waals surface area contributed by atoms with E-state index in [0.717, 1.165) is 19.3 Å². The molecule has 2 rings (SSSR count). The van der Waals surface area contributed by atoms with Crippen LogP contribution in [-0.2, 0) is 0 Å². The first-order valence-corrected chi connectivity index (χ1v) is 7.14. The predicted octanol–water partition coefficient (Wildman–Crippen LogP) is 2.20. The molecule has 0 bridgehead atoms. The molecular formula is C16H21N3O. The highest BCUT2D eigenvalue weighted by Gasteiger charge is 2.38. The molecule has 0 spiro atoms. The van der Waals surface area contributed by atoms with Gasteiger partial charge in [-0.25, -0.2) is 0 Å². The third-order valence-electron chi connectivity index (χ3n) is 4.43. The molecule has 4 nitrogen and oxygen atoms in total. The number of amides is 1. The minimum Gasteiger partial charge on any atom is -0.345 e. The fourth-order valence-electron chi connectivity index (χ4n) is 2.98. The fourth-order valence-corrected chi connectivity index (χ4v) is 2.98. The van der Waals surface area contributed by atoms with Gasteiger partial charge in [-0.05, 0) is 37.0 Å². The summed E-state index contributed by atoms with van der Waals surface area (Å²) in [5.41, 5.74) is 6.66. The molecule has 0 saturated heterocycles. The zero-order valence-electron chi connectivity index (χ0n) is 11.9. The van der Waals surface area contributed by atoms with E-state index in [1.54, 1.807) is 24.3 Å². The second-order valence-electron chi connectivity index (χ2n) is 5.65. The van der Waals surface area contributed by atoms with Gasteiger partial charge in [0.1, 0.15) is 0 Å². The van der Waals surface area contributed by atoms with E-state index in [-0.39, 0.29) is 11.4 Å². The first-order chi connectivity index (χ1) is 9.61. The molecular weight excluding hydrogens is 250 g/mol. The van der Waals surface area contributed by atoms with Crippen molar-refractivity contribution < 1.29 is 4.79 Å². The average Bonchev–Trinajstić information content (AvgIpc) is 2.49. The standard InChI is InChI=1S/C16H21N3O/c1-12-5-2-3-8-16(12,11-18)19-15(20)14-7-4-6-13(9-14)10-17/h4,6-7,9,12H,2-3,5,8,11,18H2,1H3,(H,19,20). The normalized spacial score (nSPS) is 25.8. The lowest BCUT2D eigenvalue weighted by atomic mass is 9.73. The van der Waals surface area contributed by atoms with Gasteiger partial charge in [0.25, 0.3) is 5.91 Å². The number of rotatable bonds is 3. The summed E-state index contributed by atoms with van der Waals surface area (Å²) in [6.45, 7) is 2.61. The second-order valence-corrected chi connectivity index (χ2v) is 5.65.